The fraction of sp³-hybridized carbons (Fsp3) is 0.625. The van der Waals surface area contributed by atoms with Gasteiger partial charge in [0.1, 0.15) is 0 Å². The zero-order valence-electron chi connectivity index (χ0n) is 12.7. The maximum absolute atomic E-state index is 12.7. The van der Waals surface area contributed by atoms with Crippen LogP contribution in [0.25, 0.3) is 0 Å². The van der Waals surface area contributed by atoms with Crippen LogP contribution in [-0.4, -0.2) is 35.4 Å². The highest BCUT2D eigenvalue weighted by Gasteiger charge is 2.27. The summed E-state index contributed by atoms with van der Waals surface area (Å²) in [5.41, 5.74) is 1.55. The Bertz CT molecular complexity index is 461. The molecule has 1 saturated carbocycles. The Labute approximate surface area is 121 Å². The summed E-state index contributed by atoms with van der Waals surface area (Å²) in [6.45, 7) is 5.11. The van der Waals surface area contributed by atoms with Crippen LogP contribution in [-0.2, 0) is 0 Å². The maximum Gasteiger partial charge on any atom is 0.257 e. The molecule has 1 aliphatic rings. The Balaban J connectivity index is 2.13. The molecular weight excluding hydrogens is 250 g/mol. The third kappa shape index (κ3) is 3.30. The van der Waals surface area contributed by atoms with E-state index < -0.39 is 0 Å². The predicted octanol–water partition coefficient (Wildman–Crippen LogP) is 3.16. The number of anilines is 1. The van der Waals surface area contributed by atoms with Crippen molar-refractivity contribution in [1.29, 1.82) is 0 Å². The van der Waals surface area contributed by atoms with Gasteiger partial charge in [0.25, 0.3) is 5.91 Å². The molecule has 0 bridgehead atoms. The van der Waals surface area contributed by atoms with Crippen molar-refractivity contribution >= 4 is 11.6 Å². The summed E-state index contributed by atoms with van der Waals surface area (Å²) in [7, 11) is 1.92. The van der Waals surface area contributed by atoms with Gasteiger partial charge in [-0.3, -0.25) is 9.78 Å². The van der Waals surface area contributed by atoms with Gasteiger partial charge < -0.3 is 10.2 Å². The van der Waals surface area contributed by atoms with E-state index in [-0.39, 0.29) is 5.91 Å². The van der Waals surface area contributed by atoms with Gasteiger partial charge in [-0.2, -0.15) is 0 Å². The van der Waals surface area contributed by atoms with Crippen LogP contribution in [0.1, 0.15) is 49.9 Å². The predicted molar refractivity (Wildman–Crippen MR) is 81.9 cm³/mol. The summed E-state index contributed by atoms with van der Waals surface area (Å²) < 4.78 is 0. The summed E-state index contributed by atoms with van der Waals surface area (Å²) in [6, 6.07) is 2.23. The van der Waals surface area contributed by atoms with Crippen LogP contribution in [0, 0.1) is 5.92 Å². The number of hydrogen-bond acceptors (Lipinski definition) is 3. The number of pyridine rings is 1. The summed E-state index contributed by atoms with van der Waals surface area (Å²) in [4.78, 5) is 18.7. The lowest BCUT2D eigenvalue weighted by molar-refractivity contribution is 0.0673. The van der Waals surface area contributed by atoms with E-state index in [9.17, 15) is 4.79 Å². The minimum atomic E-state index is 0.0770. The number of hydrogen-bond donors (Lipinski definition) is 1. The summed E-state index contributed by atoms with van der Waals surface area (Å²) in [6.07, 6.45) is 8.12. The van der Waals surface area contributed by atoms with Gasteiger partial charge in [-0.05, 0) is 31.7 Å². The van der Waals surface area contributed by atoms with Gasteiger partial charge in [-0.1, -0.05) is 19.8 Å². The van der Waals surface area contributed by atoms with E-state index >= 15 is 0 Å². The molecule has 2 rings (SSSR count). The number of carbonyl (C=O) groups is 1. The largest absolute Gasteiger partial charge is 0.385 e. The van der Waals surface area contributed by atoms with Crippen LogP contribution < -0.4 is 5.32 Å². The van der Waals surface area contributed by atoms with Crippen molar-refractivity contribution in [2.24, 2.45) is 5.92 Å². The SMILES string of the molecule is CCNc1ccncc1C(=O)N(C)C1CCCC(C)C1. The topological polar surface area (TPSA) is 45.2 Å². The van der Waals surface area contributed by atoms with E-state index in [4.69, 9.17) is 0 Å². The lowest BCUT2D eigenvalue weighted by Crippen LogP contribution is -2.40. The summed E-state index contributed by atoms with van der Waals surface area (Å²) in [5.74, 6) is 0.791. The van der Waals surface area contributed by atoms with Crippen LogP contribution in [0.5, 0.6) is 0 Å². The van der Waals surface area contributed by atoms with E-state index in [0.29, 0.717) is 17.5 Å². The fourth-order valence-corrected chi connectivity index (χ4v) is 3.02. The molecule has 110 valence electrons. The Morgan fingerprint density at radius 1 is 1.50 bits per heavy atom. The molecule has 20 heavy (non-hydrogen) atoms. The van der Waals surface area contributed by atoms with E-state index in [1.165, 1.54) is 12.8 Å². The average molecular weight is 275 g/mol. The van der Waals surface area contributed by atoms with Gasteiger partial charge in [0.2, 0.25) is 0 Å². The first-order valence-electron chi connectivity index (χ1n) is 7.58. The molecule has 0 radical (unpaired) electrons. The third-order valence-electron chi connectivity index (χ3n) is 4.20. The monoisotopic (exact) mass is 275 g/mol. The summed E-state index contributed by atoms with van der Waals surface area (Å²) in [5, 5.41) is 3.24. The first-order chi connectivity index (χ1) is 9.63. The third-order valence-corrected chi connectivity index (χ3v) is 4.20. The highest BCUT2D eigenvalue weighted by atomic mass is 16.2. The maximum atomic E-state index is 12.7. The minimum absolute atomic E-state index is 0.0770. The lowest BCUT2D eigenvalue weighted by atomic mass is 9.86. The van der Waals surface area contributed by atoms with Gasteiger partial charge in [-0.15, -0.1) is 0 Å². The second kappa shape index (κ2) is 6.73. The van der Waals surface area contributed by atoms with Gasteiger partial charge in [0, 0.05) is 32.0 Å². The molecule has 1 fully saturated rings. The van der Waals surface area contributed by atoms with Crippen molar-refractivity contribution < 1.29 is 4.79 Å². The molecule has 1 amide bonds. The van der Waals surface area contributed by atoms with Crippen LogP contribution in [0.3, 0.4) is 0 Å². The van der Waals surface area contributed by atoms with Crippen molar-refractivity contribution in [3.63, 3.8) is 0 Å². The Morgan fingerprint density at radius 3 is 3.00 bits per heavy atom. The Kier molecular flexibility index (Phi) is 4.99. The quantitative estimate of drug-likeness (QED) is 0.918. The van der Waals surface area contributed by atoms with E-state index in [0.717, 1.165) is 25.1 Å². The van der Waals surface area contributed by atoms with Crippen LogP contribution in [0.15, 0.2) is 18.5 Å². The molecule has 0 saturated heterocycles. The Hall–Kier alpha value is -1.58. The van der Waals surface area contributed by atoms with Crippen molar-refractivity contribution in [2.75, 3.05) is 18.9 Å². The number of aromatic nitrogens is 1. The molecule has 1 N–H and O–H groups in total. The zero-order chi connectivity index (χ0) is 14.5. The van der Waals surface area contributed by atoms with Crippen molar-refractivity contribution in [2.45, 2.75) is 45.6 Å². The molecule has 1 aliphatic carbocycles. The number of amides is 1. The average Bonchev–Trinajstić information content (AvgIpc) is 2.47. The van der Waals surface area contributed by atoms with Crippen molar-refractivity contribution in [3.8, 4) is 0 Å². The molecule has 4 heteroatoms. The van der Waals surface area contributed by atoms with Crippen molar-refractivity contribution in [1.82, 2.24) is 9.88 Å². The van der Waals surface area contributed by atoms with Crippen LogP contribution >= 0.6 is 0 Å². The first-order valence-corrected chi connectivity index (χ1v) is 7.58. The molecule has 1 aromatic rings. The number of nitrogens with zero attached hydrogens (tertiary/aromatic N) is 2. The second-order valence-electron chi connectivity index (χ2n) is 5.79. The molecule has 1 heterocycles. The van der Waals surface area contributed by atoms with E-state index in [1.807, 2.05) is 24.9 Å². The molecule has 0 aliphatic heterocycles. The molecule has 0 aromatic carbocycles. The number of carbonyl (C=O) groups excluding carboxylic acids is 1. The van der Waals surface area contributed by atoms with Crippen LogP contribution in [0.4, 0.5) is 5.69 Å². The molecule has 2 unspecified atom stereocenters. The molecule has 2 atom stereocenters. The van der Waals surface area contributed by atoms with Gasteiger partial charge in [0.15, 0.2) is 0 Å². The van der Waals surface area contributed by atoms with Gasteiger partial charge in [0.05, 0.1) is 11.3 Å². The Morgan fingerprint density at radius 2 is 2.30 bits per heavy atom. The van der Waals surface area contributed by atoms with E-state index in [2.05, 4.69) is 17.2 Å². The van der Waals surface area contributed by atoms with Crippen LogP contribution in [0.2, 0.25) is 0 Å². The smallest absolute Gasteiger partial charge is 0.257 e. The normalized spacial score (nSPS) is 22.4. The molecule has 1 aromatic heterocycles. The summed E-state index contributed by atoms with van der Waals surface area (Å²) >= 11 is 0. The molecule has 0 spiro atoms. The first kappa shape index (κ1) is 14.8. The fourth-order valence-electron chi connectivity index (χ4n) is 3.02. The molecule has 4 nitrogen and oxygen atoms in total. The highest BCUT2D eigenvalue weighted by molar-refractivity contribution is 5.99. The second-order valence-corrected chi connectivity index (χ2v) is 5.79. The van der Waals surface area contributed by atoms with E-state index in [1.54, 1.807) is 12.4 Å². The molecular formula is C16H25N3O. The zero-order valence-corrected chi connectivity index (χ0v) is 12.7. The number of rotatable bonds is 4. The number of nitrogens with one attached hydrogen (secondary N) is 1. The minimum Gasteiger partial charge on any atom is -0.385 e. The lowest BCUT2D eigenvalue weighted by Gasteiger charge is -2.34. The standard InChI is InChI=1S/C16H25N3O/c1-4-18-15-8-9-17-11-14(15)16(20)19(3)13-7-5-6-12(2)10-13/h8-9,11-13H,4-7,10H2,1-3H3,(H,17,18). The van der Waals surface area contributed by atoms with Gasteiger partial charge >= 0.3 is 0 Å². The van der Waals surface area contributed by atoms with Crippen molar-refractivity contribution in [3.05, 3.63) is 24.0 Å². The highest BCUT2D eigenvalue weighted by Crippen LogP contribution is 2.28. The van der Waals surface area contributed by atoms with Gasteiger partial charge in [-0.25, -0.2) is 0 Å².